The molecule has 0 aliphatic carbocycles. The van der Waals surface area contributed by atoms with Crippen molar-refractivity contribution in [1.29, 1.82) is 0 Å². The highest BCUT2D eigenvalue weighted by molar-refractivity contribution is 7.89. The Bertz CT molecular complexity index is 1040. The van der Waals surface area contributed by atoms with Crippen LogP contribution in [0.4, 0.5) is 13.2 Å². The molecule has 0 saturated carbocycles. The molecule has 2 unspecified atom stereocenters. The van der Waals surface area contributed by atoms with E-state index in [9.17, 15) is 21.6 Å². The molecule has 0 heterocycles. The fourth-order valence-corrected chi connectivity index (χ4v) is 4.18. The summed E-state index contributed by atoms with van der Waals surface area (Å²) in [6, 6.07) is 19.6. The average Bonchev–Trinajstić information content (AvgIpc) is 2.72. The van der Waals surface area contributed by atoms with Crippen LogP contribution < -0.4 is 10.5 Å². The van der Waals surface area contributed by atoms with E-state index in [0.29, 0.717) is 5.56 Å². The van der Waals surface area contributed by atoms with Gasteiger partial charge in [-0.25, -0.2) is 13.1 Å². The Morgan fingerprint density at radius 1 is 0.759 bits per heavy atom. The summed E-state index contributed by atoms with van der Waals surface area (Å²) in [4.78, 5) is -0.272. The summed E-state index contributed by atoms with van der Waals surface area (Å²) in [5.74, 6) is 0. The number of sulfonamides is 1. The number of nitrogens with two attached hydrogens (primary N) is 1. The predicted molar refractivity (Wildman–Crippen MR) is 104 cm³/mol. The molecule has 0 aromatic heterocycles. The molecule has 8 heteroatoms. The fourth-order valence-electron chi connectivity index (χ4n) is 2.94. The molecule has 3 aromatic carbocycles. The van der Waals surface area contributed by atoms with Crippen molar-refractivity contribution >= 4 is 10.0 Å². The Balaban J connectivity index is 1.95. The van der Waals surface area contributed by atoms with Crippen molar-refractivity contribution < 1.29 is 21.6 Å². The van der Waals surface area contributed by atoms with Crippen molar-refractivity contribution in [3.05, 3.63) is 102 Å². The molecule has 0 radical (unpaired) electrons. The highest BCUT2D eigenvalue weighted by atomic mass is 32.2. The first kappa shape index (κ1) is 21.0. The lowest BCUT2D eigenvalue weighted by atomic mass is 9.95. The number of benzene rings is 3. The first-order valence-electron chi connectivity index (χ1n) is 8.73. The maximum Gasteiger partial charge on any atom is 0.416 e. The largest absolute Gasteiger partial charge is 0.416 e. The molecule has 0 aliphatic rings. The van der Waals surface area contributed by atoms with E-state index in [0.717, 1.165) is 29.8 Å². The summed E-state index contributed by atoms with van der Waals surface area (Å²) in [7, 11) is -4.12. The van der Waals surface area contributed by atoms with Gasteiger partial charge in [0.05, 0.1) is 22.5 Å². The van der Waals surface area contributed by atoms with Crippen molar-refractivity contribution in [3.8, 4) is 0 Å². The van der Waals surface area contributed by atoms with Gasteiger partial charge in [0, 0.05) is 0 Å². The minimum atomic E-state index is -4.54. The maximum absolute atomic E-state index is 12.9. The molecule has 0 bridgehead atoms. The lowest BCUT2D eigenvalue weighted by molar-refractivity contribution is -0.137. The standard InChI is InChI=1S/C21H19F3N2O2S/c22-21(23,24)17-11-13-18(14-12-17)29(27,28)26-20(16-9-5-2-6-10-16)19(25)15-7-3-1-4-8-15/h1-14,19-20,26H,25H2. The van der Waals surface area contributed by atoms with Gasteiger partial charge in [-0.2, -0.15) is 13.2 Å². The van der Waals surface area contributed by atoms with Crippen LogP contribution in [0.25, 0.3) is 0 Å². The number of halogens is 3. The normalized spacial score (nSPS) is 14.3. The van der Waals surface area contributed by atoms with Crippen molar-refractivity contribution in [1.82, 2.24) is 4.72 Å². The van der Waals surface area contributed by atoms with Gasteiger partial charge in [0.25, 0.3) is 0 Å². The van der Waals surface area contributed by atoms with Crippen molar-refractivity contribution in [2.75, 3.05) is 0 Å². The van der Waals surface area contributed by atoms with Crippen LogP contribution in [0.3, 0.4) is 0 Å². The van der Waals surface area contributed by atoms with Crippen LogP contribution in [0.5, 0.6) is 0 Å². The lowest BCUT2D eigenvalue weighted by Crippen LogP contribution is -2.36. The van der Waals surface area contributed by atoms with Crippen LogP contribution >= 0.6 is 0 Å². The summed E-state index contributed by atoms with van der Waals surface area (Å²) in [6.07, 6.45) is -4.54. The van der Waals surface area contributed by atoms with Crippen LogP contribution in [-0.2, 0) is 16.2 Å². The second-order valence-corrected chi connectivity index (χ2v) is 8.18. The summed E-state index contributed by atoms with van der Waals surface area (Å²) < 4.78 is 66.6. The van der Waals surface area contributed by atoms with Crippen molar-refractivity contribution in [2.24, 2.45) is 5.73 Å². The third-order valence-electron chi connectivity index (χ3n) is 4.48. The van der Waals surface area contributed by atoms with Gasteiger partial charge >= 0.3 is 6.18 Å². The number of rotatable bonds is 6. The van der Waals surface area contributed by atoms with Gasteiger partial charge in [-0.3, -0.25) is 0 Å². The Kier molecular flexibility index (Phi) is 6.07. The van der Waals surface area contributed by atoms with Gasteiger partial charge < -0.3 is 5.73 Å². The molecular formula is C21H19F3N2O2S. The van der Waals surface area contributed by atoms with Crippen molar-refractivity contribution in [2.45, 2.75) is 23.2 Å². The van der Waals surface area contributed by atoms with Crippen molar-refractivity contribution in [3.63, 3.8) is 0 Å². The number of hydrogen-bond donors (Lipinski definition) is 2. The topological polar surface area (TPSA) is 72.2 Å². The van der Waals surface area contributed by atoms with Crippen LogP contribution in [0.15, 0.2) is 89.8 Å². The zero-order chi connectivity index (χ0) is 21.1. The van der Waals surface area contributed by atoms with Crippen LogP contribution in [0, 0.1) is 0 Å². The molecular weight excluding hydrogens is 401 g/mol. The van der Waals surface area contributed by atoms with E-state index in [1.165, 1.54) is 0 Å². The molecule has 0 saturated heterocycles. The van der Waals surface area contributed by atoms with E-state index in [4.69, 9.17) is 5.73 Å². The summed E-state index contributed by atoms with van der Waals surface area (Å²) in [5, 5.41) is 0. The Morgan fingerprint density at radius 3 is 1.72 bits per heavy atom. The lowest BCUT2D eigenvalue weighted by Gasteiger charge is -2.26. The minimum Gasteiger partial charge on any atom is -0.322 e. The molecule has 29 heavy (non-hydrogen) atoms. The summed E-state index contributed by atoms with van der Waals surface area (Å²) in [6.45, 7) is 0. The molecule has 0 fully saturated rings. The first-order valence-corrected chi connectivity index (χ1v) is 10.2. The highest BCUT2D eigenvalue weighted by Crippen LogP contribution is 2.31. The van der Waals surface area contributed by atoms with Gasteiger partial charge in [0.15, 0.2) is 0 Å². The van der Waals surface area contributed by atoms with Crippen LogP contribution in [-0.4, -0.2) is 8.42 Å². The van der Waals surface area contributed by atoms with Gasteiger partial charge in [0.2, 0.25) is 10.0 Å². The predicted octanol–water partition coefficient (Wildman–Crippen LogP) is 4.43. The second kappa shape index (κ2) is 8.36. The molecule has 0 amide bonds. The van der Waals surface area contributed by atoms with Gasteiger partial charge in [-0.1, -0.05) is 60.7 Å². The zero-order valence-corrected chi connectivity index (χ0v) is 16.0. The van der Waals surface area contributed by atoms with Gasteiger partial charge in [-0.05, 0) is 35.4 Å². The van der Waals surface area contributed by atoms with Crippen LogP contribution in [0.1, 0.15) is 28.8 Å². The Hall–Kier alpha value is -2.68. The quantitative estimate of drug-likeness (QED) is 0.620. The summed E-state index contributed by atoms with van der Waals surface area (Å²) >= 11 is 0. The van der Waals surface area contributed by atoms with E-state index < -0.39 is 33.8 Å². The highest BCUT2D eigenvalue weighted by Gasteiger charge is 2.31. The Morgan fingerprint density at radius 2 is 1.24 bits per heavy atom. The van der Waals surface area contributed by atoms with Crippen LogP contribution in [0.2, 0.25) is 0 Å². The zero-order valence-electron chi connectivity index (χ0n) is 15.2. The van der Waals surface area contributed by atoms with E-state index in [1.807, 2.05) is 6.07 Å². The molecule has 2 atom stereocenters. The fraction of sp³-hybridized carbons (Fsp3) is 0.143. The SMILES string of the molecule is NC(c1ccccc1)C(NS(=O)(=O)c1ccc(C(F)(F)F)cc1)c1ccccc1. The smallest absolute Gasteiger partial charge is 0.322 e. The molecule has 3 N–H and O–H groups in total. The Labute approximate surface area is 167 Å². The number of alkyl halides is 3. The number of hydrogen-bond acceptors (Lipinski definition) is 3. The van der Waals surface area contributed by atoms with Gasteiger partial charge in [-0.15, -0.1) is 0 Å². The molecule has 152 valence electrons. The van der Waals surface area contributed by atoms with Gasteiger partial charge in [0.1, 0.15) is 0 Å². The van der Waals surface area contributed by atoms with E-state index in [-0.39, 0.29) is 4.90 Å². The third kappa shape index (κ3) is 5.03. The van der Waals surface area contributed by atoms with E-state index in [2.05, 4.69) is 4.72 Å². The minimum absolute atomic E-state index is 0.272. The maximum atomic E-state index is 12.9. The molecule has 0 aliphatic heterocycles. The summed E-state index contributed by atoms with van der Waals surface area (Å²) in [5.41, 5.74) is 6.80. The first-order chi connectivity index (χ1) is 13.7. The van der Waals surface area contributed by atoms with E-state index >= 15 is 0 Å². The average molecular weight is 420 g/mol. The van der Waals surface area contributed by atoms with E-state index in [1.54, 1.807) is 54.6 Å². The second-order valence-electron chi connectivity index (χ2n) is 6.47. The third-order valence-corrected chi connectivity index (χ3v) is 5.93. The number of nitrogens with one attached hydrogen (secondary N) is 1. The molecule has 0 spiro atoms. The molecule has 3 rings (SSSR count). The monoisotopic (exact) mass is 420 g/mol. The molecule has 3 aromatic rings. The molecule has 4 nitrogen and oxygen atoms in total.